The second kappa shape index (κ2) is 6.69. The molecule has 0 radical (unpaired) electrons. The Hall–Kier alpha value is -2.55. The fourth-order valence-electron chi connectivity index (χ4n) is 2.58. The second-order valence-electron chi connectivity index (χ2n) is 5.18. The lowest BCUT2D eigenvalue weighted by Crippen LogP contribution is -2.49. The molecule has 0 aromatic carbocycles. The molecule has 1 saturated heterocycles. The Morgan fingerprint density at radius 1 is 1.26 bits per heavy atom. The number of rotatable bonds is 5. The lowest BCUT2D eigenvalue weighted by Gasteiger charge is -2.25. The van der Waals surface area contributed by atoms with Gasteiger partial charge in [-0.05, 0) is 31.0 Å². The lowest BCUT2D eigenvalue weighted by atomic mass is 9.88. The van der Waals surface area contributed by atoms with Crippen LogP contribution in [-0.2, 0) is 20.7 Å². The molecule has 0 spiro atoms. The number of esters is 2. The van der Waals surface area contributed by atoms with Crippen molar-refractivity contribution < 1.29 is 29.0 Å². The molecule has 0 saturated carbocycles. The van der Waals surface area contributed by atoms with Gasteiger partial charge in [-0.3, -0.25) is 4.79 Å². The molecule has 2 N–H and O–H groups in total. The van der Waals surface area contributed by atoms with E-state index in [0.29, 0.717) is 19.4 Å². The highest BCUT2D eigenvalue weighted by molar-refractivity contribution is 5.92. The van der Waals surface area contributed by atoms with Gasteiger partial charge in [-0.1, -0.05) is 0 Å². The Balaban J connectivity index is 2.46. The summed E-state index contributed by atoms with van der Waals surface area (Å²) in [6, 6.07) is 1.32. The standard InChI is InChI=1S/C14H17N3O6/c1-22-11(18)9-6-8(10(17-16-9)12(19)23-2)7-14(13(20)21)4-3-5-15-14/h6,15H,3-5,7H2,1-2H3,(H,20,21). The van der Waals surface area contributed by atoms with E-state index in [4.69, 9.17) is 0 Å². The fraction of sp³-hybridized carbons (Fsp3) is 0.500. The Bertz CT molecular complexity index is 639. The second-order valence-corrected chi connectivity index (χ2v) is 5.18. The average Bonchev–Trinajstić information content (AvgIpc) is 3.03. The first-order chi connectivity index (χ1) is 10.9. The fourth-order valence-corrected chi connectivity index (χ4v) is 2.58. The molecule has 1 aromatic rings. The molecule has 9 heteroatoms. The van der Waals surface area contributed by atoms with Crippen molar-refractivity contribution in [3.05, 3.63) is 23.0 Å². The van der Waals surface area contributed by atoms with Crippen molar-refractivity contribution in [1.82, 2.24) is 15.5 Å². The number of hydrogen-bond acceptors (Lipinski definition) is 8. The zero-order valence-corrected chi connectivity index (χ0v) is 12.8. The largest absolute Gasteiger partial charge is 0.480 e. The van der Waals surface area contributed by atoms with Gasteiger partial charge in [0, 0.05) is 6.42 Å². The van der Waals surface area contributed by atoms with Crippen LogP contribution in [-0.4, -0.2) is 59.5 Å². The highest BCUT2D eigenvalue weighted by Gasteiger charge is 2.42. The van der Waals surface area contributed by atoms with Gasteiger partial charge in [-0.15, -0.1) is 10.2 Å². The maximum absolute atomic E-state index is 11.8. The Labute approximate surface area is 132 Å². The molecule has 2 heterocycles. The zero-order chi connectivity index (χ0) is 17.0. The quantitative estimate of drug-likeness (QED) is 0.708. The van der Waals surface area contributed by atoms with Gasteiger partial charge in [-0.2, -0.15) is 0 Å². The van der Waals surface area contributed by atoms with Crippen LogP contribution in [0.25, 0.3) is 0 Å². The van der Waals surface area contributed by atoms with Crippen LogP contribution in [0.1, 0.15) is 39.4 Å². The van der Waals surface area contributed by atoms with Gasteiger partial charge >= 0.3 is 17.9 Å². The number of ether oxygens (including phenoxy) is 2. The molecule has 2 rings (SSSR count). The predicted molar refractivity (Wildman–Crippen MR) is 76.0 cm³/mol. The van der Waals surface area contributed by atoms with E-state index in [1.165, 1.54) is 20.3 Å². The number of carbonyl (C=O) groups is 3. The Morgan fingerprint density at radius 3 is 2.48 bits per heavy atom. The number of nitrogens with zero attached hydrogens (tertiary/aromatic N) is 2. The maximum atomic E-state index is 11.8. The number of carbonyl (C=O) groups excluding carboxylic acids is 2. The minimum Gasteiger partial charge on any atom is -0.480 e. The molecule has 0 aliphatic carbocycles. The third-order valence-corrected chi connectivity index (χ3v) is 3.79. The van der Waals surface area contributed by atoms with Crippen molar-refractivity contribution in [2.24, 2.45) is 0 Å². The number of aliphatic carboxylic acids is 1. The van der Waals surface area contributed by atoms with E-state index in [1.54, 1.807) is 0 Å². The summed E-state index contributed by atoms with van der Waals surface area (Å²) >= 11 is 0. The van der Waals surface area contributed by atoms with Crippen LogP contribution in [0.3, 0.4) is 0 Å². The summed E-state index contributed by atoms with van der Waals surface area (Å²) in [6.07, 6.45) is 1.08. The molecule has 1 unspecified atom stereocenters. The van der Waals surface area contributed by atoms with Crippen molar-refractivity contribution in [2.75, 3.05) is 20.8 Å². The predicted octanol–water partition coefficient (Wildman–Crippen LogP) is -0.201. The maximum Gasteiger partial charge on any atom is 0.358 e. The van der Waals surface area contributed by atoms with Gasteiger partial charge in [0.05, 0.1) is 14.2 Å². The molecule has 1 aliphatic heterocycles. The molecule has 23 heavy (non-hydrogen) atoms. The van der Waals surface area contributed by atoms with Gasteiger partial charge in [-0.25, -0.2) is 9.59 Å². The summed E-state index contributed by atoms with van der Waals surface area (Å²) in [5.74, 6) is -2.50. The smallest absolute Gasteiger partial charge is 0.358 e. The highest BCUT2D eigenvalue weighted by atomic mass is 16.5. The summed E-state index contributed by atoms with van der Waals surface area (Å²) in [5.41, 5.74) is -1.16. The minimum absolute atomic E-state index is 0.0215. The van der Waals surface area contributed by atoms with Gasteiger partial charge in [0.2, 0.25) is 0 Å². The molecular formula is C14H17N3O6. The van der Waals surface area contributed by atoms with E-state index in [9.17, 15) is 19.5 Å². The molecule has 0 amide bonds. The van der Waals surface area contributed by atoms with E-state index in [2.05, 4.69) is 25.0 Å². The van der Waals surface area contributed by atoms with E-state index in [1.807, 2.05) is 0 Å². The summed E-state index contributed by atoms with van der Waals surface area (Å²) in [4.78, 5) is 35.1. The van der Waals surface area contributed by atoms with Gasteiger partial charge in [0.1, 0.15) is 5.54 Å². The van der Waals surface area contributed by atoms with E-state index in [-0.39, 0.29) is 23.4 Å². The van der Waals surface area contributed by atoms with Crippen molar-refractivity contribution in [3.8, 4) is 0 Å². The third kappa shape index (κ3) is 3.29. The Morgan fingerprint density at radius 2 is 1.96 bits per heavy atom. The van der Waals surface area contributed by atoms with E-state index < -0.39 is 23.4 Å². The number of hydrogen-bond donors (Lipinski definition) is 2. The Kier molecular flexibility index (Phi) is 4.89. The topological polar surface area (TPSA) is 128 Å². The molecule has 1 aliphatic rings. The number of nitrogens with one attached hydrogen (secondary N) is 1. The molecule has 1 aromatic heterocycles. The zero-order valence-electron chi connectivity index (χ0n) is 12.8. The molecule has 1 fully saturated rings. The van der Waals surface area contributed by atoms with E-state index >= 15 is 0 Å². The summed E-state index contributed by atoms with van der Waals surface area (Å²) in [6.45, 7) is 0.558. The van der Waals surface area contributed by atoms with Gasteiger partial charge in [0.15, 0.2) is 11.4 Å². The first kappa shape index (κ1) is 16.8. The average molecular weight is 323 g/mol. The van der Waals surface area contributed by atoms with Crippen molar-refractivity contribution >= 4 is 17.9 Å². The number of aromatic nitrogens is 2. The van der Waals surface area contributed by atoms with Gasteiger partial charge in [0.25, 0.3) is 0 Å². The normalized spacial score (nSPS) is 20.1. The van der Waals surface area contributed by atoms with Crippen LogP contribution in [0.5, 0.6) is 0 Å². The van der Waals surface area contributed by atoms with E-state index in [0.717, 1.165) is 0 Å². The minimum atomic E-state index is -1.21. The van der Waals surface area contributed by atoms with Crippen LogP contribution in [0, 0.1) is 0 Å². The van der Waals surface area contributed by atoms with Crippen molar-refractivity contribution in [3.63, 3.8) is 0 Å². The van der Waals surface area contributed by atoms with Crippen LogP contribution in [0.4, 0.5) is 0 Å². The molecule has 1 atom stereocenters. The van der Waals surface area contributed by atoms with Crippen LogP contribution in [0.2, 0.25) is 0 Å². The molecule has 0 bridgehead atoms. The van der Waals surface area contributed by atoms with Crippen molar-refractivity contribution in [2.45, 2.75) is 24.8 Å². The van der Waals surface area contributed by atoms with Crippen molar-refractivity contribution in [1.29, 1.82) is 0 Å². The summed E-state index contributed by atoms with van der Waals surface area (Å²) in [7, 11) is 2.37. The van der Waals surface area contributed by atoms with Crippen LogP contribution in [0.15, 0.2) is 6.07 Å². The van der Waals surface area contributed by atoms with Crippen LogP contribution >= 0.6 is 0 Å². The first-order valence-corrected chi connectivity index (χ1v) is 6.95. The lowest BCUT2D eigenvalue weighted by molar-refractivity contribution is -0.144. The monoisotopic (exact) mass is 323 g/mol. The molecular weight excluding hydrogens is 306 g/mol. The third-order valence-electron chi connectivity index (χ3n) is 3.79. The summed E-state index contributed by atoms with van der Waals surface area (Å²) in [5, 5.41) is 19.8. The molecule has 124 valence electrons. The van der Waals surface area contributed by atoms with Gasteiger partial charge < -0.3 is 19.9 Å². The van der Waals surface area contributed by atoms with Crippen LogP contribution < -0.4 is 5.32 Å². The SMILES string of the molecule is COC(=O)c1cc(CC2(C(=O)O)CCCN2)c(C(=O)OC)nn1. The number of carboxylic acid groups (broad SMARTS) is 1. The highest BCUT2D eigenvalue weighted by Crippen LogP contribution is 2.26. The first-order valence-electron chi connectivity index (χ1n) is 6.95. The number of methoxy groups -OCH3 is 2. The molecule has 9 nitrogen and oxygen atoms in total. The summed E-state index contributed by atoms with van der Waals surface area (Å²) < 4.78 is 9.21. The number of carboxylic acids is 1.